The van der Waals surface area contributed by atoms with Crippen LogP contribution in [-0.4, -0.2) is 23.9 Å². The van der Waals surface area contributed by atoms with E-state index in [1.165, 1.54) is 0 Å². The van der Waals surface area contributed by atoms with E-state index < -0.39 is 5.97 Å². The molecule has 32 heavy (non-hydrogen) atoms. The molecule has 5 heteroatoms. The summed E-state index contributed by atoms with van der Waals surface area (Å²) in [6.07, 6.45) is 6.11. The molecule has 3 aromatic carbocycles. The Bertz CT molecular complexity index is 1070. The predicted octanol–water partition coefficient (Wildman–Crippen LogP) is 5.66. The monoisotopic (exact) mass is 427 g/mol. The first-order valence-corrected chi connectivity index (χ1v) is 10.7. The highest BCUT2D eigenvalue weighted by molar-refractivity contribution is 5.86. The maximum absolute atomic E-state index is 10.9. The third-order valence-electron chi connectivity index (χ3n) is 5.41. The van der Waals surface area contributed by atoms with E-state index in [2.05, 4.69) is 5.16 Å². The van der Waals surface area contributed by atoms with Crippen LogP contribution in [-0.2, 0) is 16.1 Å². The first kappa shape index (κ1) is 21.4. The Balaban J connectivity index is 1.53. The summed E-state index contributed by atoms with van der Waals surface area (Å²) in [4.78, 5) is 16.8. The maximum atomic E-state index is 10.9. The van der Waals surface area contributed by atoms with Crippen LogP contribution in [0, 0.1) is 0 Å². The minimum Gasteiger partial charge on any atom is -0.482 e. The van der Waals surface area contributed by atoms with Crippen LogP contribution in [0.1, 0.15) is 41.2 Å². The second kappa shape index (κ2) is 10.4. The van der Waals surface area contributed by atoms with Crippen molar-refractivity contribution in [3.8, 4) is 5.75 Å². The number of carbonyl (C=O) groups is 1. The van der Waals surface area contributed by atoms with Crippen molar-refractivity contribution < 1.29 is 19.5 Å². The number of ether oxygens (including phenoxy) is 1. The average Bonchev–Trinajstić information content (AvgIpc) is 2.84. The number of carboxylic acid groups (broad SMARTS) is 1. The molecule has 162 valence electrons. The molecule has 0 atom stereocenters. The van der Waals surface area contributed by atoms with Gasteiger partial charge in [-0.15, -0.1) is 0 Å². The van der Waals surface area contributed by atoms with Crippen molar-refractivity contribution in [2.45, 2.75) is 25.4 Å². The molecule has 4 rings (SSSR count). The van der Waals surface area contributed by atoms with Gasteiger partial charge in [0.2, 0.25) is 0 Å². The fourth-order valence-corrected chi connectivity index (χ4v) is 3.95. The Labute approximate surface area is 187 Å². The number of rotatable bonds is 8. The number of carboxylic acids is 1. The fourth-order valence-electron chi connectivity index (χ4n) is 3.95. The Morgan fingerprint density at radius 1 is 0.938 bits per heavy atom. The molecule has 1 aliphatic carbocycles. The van der Waals surface area contributed by atoms with Gasteiger partial charge in [0.15, 0.2) is 12.7 Å². The quantitative estimate of drug-likeness (QED) is 0.372. The van der Waals surface area contributed by atoms with Gasteiger partial charge in [0.05, 0.1) is 6.21 Å². The van der Waals surface area contributed by atoms with Crippen LogP contribution >= 0.6 is 0 Å². The van der Waals surface area contributed by atoms with Crippen molar-refractivity contribution in [1.29, 1.82) is 0 Å². The number of aliphatic carboxylic acids is 1. The maximum Gasteiger partial charge on any atom is 0.341 e. The molecule has 0 unspecified atom stereocenters. The number of benzene rings is 3. The summed E-state index contributed by atoms with van der Waals surface area (Å²) in [5.74, 6) is -0.346. The van der Waals surface area contributed by atoms with E-state index in [9.17, 15) is 4.79 Å². The van der Waals surface area contributed by atoms with Gasteiger partial charge in [0.1, 0.15) is 5.75 Å². The summed E-state index contributed by atoms with van der Waals surface area (Å²) < 4.78 is 5.48. The molecule has 0 amide bonds. The lowest BCUT2D eigenvalue weighted by Gasteiger charge is -2.21. The summed E-state index contributed by atoms with van der Waals surface area (Å²) in [6, 6.07) is 25.8. The van der Waals surface area contributed by atoms with E-state index in [4.69, 9.17) is 14.7 Å². The number of hydrogen-bond donors (Lipinski definition) is 1. The lowest BCUT2D eigenvalue weighted by molar-refractivity contribution is -0.139. The van der Waals surface area contributed by atoms with Crippen LogP contribution in [0.3, 0.4) is 0 Å². The van der Waals surface area contributed by atoms with Crippen molar-refractivity contribution in [3.05, 3.63) is 107 Å². The van der Waals surface area contributed by atoms with Crippen molar-refractivity contribution >= 4 is 17.8 Å². The standard InChI is InChI=1S/C27H25NO4/c29-26(30)19-31-25-16-8-14-23-20(13-7-15-24(23)25)17-18-28-32-27(21-9-3-1-4-10-21)22-11-5-2-6-12-22/h1-6,8-12,14,16-18,27H,7,13,15,19H2,(H,29,30). The summed E-state index contributed by atoms with van der Waals surface area (Å²) in [6.45, 7) is -0.342. The summed E-state index contributed by atoms with van der Waals surface area (Å²) in [5.41, 5.74) is 5.33. The van der Waals surface area contributed by atoms with Crippen molar-refractivity contribution in [2.24, 2.45) is 5.16 Å². The third kappa shape index (κ3) is 5.24. The van der Waals surface area contributed by atoms with Crippen molar-refractivity contribution in [1.82, 2.24) is 0 Å². The number of hydrogen-bond acceptors (Lipinski definition) is 4. The average molecular weight is 428 g/mol. The van der Waals surface area contributed by atoms with Gasteiger partial charge >= 0.3 is 5.97 Å². The zero-order valence-corrected chi connectivity index (χ0v) is 17.7. The smallest absolute Gasteiger partial charge is 0.341 e. The molecule has 0 saturated heterocycles. The number of fused-ring (bicyclic) bond motifs is 1. The molecule has 1 aliphatic rings. The molecular formula is C27H25NO4. The molecule has 0 spiro atoms. The topological polar surface area (TPSA) is 68.1 Å². The predicted molar refractivity (Wildman–Crippen MR) is 125 cm³/mol. The summed E-state index contributed by atoms with van der Waals surface area (Å²) in [7, 11) is 0. The third-order valence-corrected chi connectivity index (χ3v) is 5.41. The van der Waals surface area contributed by atoms with Crippen LogP contribution in [0.25, 0.3) is 5.57 Å². The molecular weight excluding hydrogens is 402 g/mol. The zero-order chi connectivity index (χ0) is 22.2. The molecule has 0 radical (unpaired) electrons. The summed E-state index contributed by atoms with van der Waals surface area (Å²) >= 11 is 0. The van der Waals surface area contributed by atoms with Gasteiger partial charge in [-0.1, -0.05) is 78.0 Å². The molecule has 0 aromatic heterocycles. The first-order valence-electron chi connectivity index (χ1n) is 10.7. The van der Waals surface area contributed by atoms with Gasteiger partial charge < -0.3 is 14.7 Å². The highest BCUT2D eigenvalue weighted by Crippen LogP contribution is 2.36. The highest BCUT2D eigenvalue weighted by atomic mass is 16.6. The minimum absolute atomic E-state index is 0.290. The van der Waals surface area contributed by atoms with Gasteiger partial charge in [-0.3, -0.25) is 0 Å². The van der Waals surface area contributed by atoms with Crippen molar-refractivity contribution in [2.75, 3.05) is 6.61 Å². The number of allylic oxidation sites excluding steroid dienone is 2. The SMILES string of the molecule is O=C(O)COc1cccc2c1CCCC2=CC=NOC(c1ccccc1)c1ccccc1. The minimum atomic E-state index is -0.982. The first-order chi connectivity index (χ1) is 15.7. The zero-order valence-electron chi connectivity index (χ0n) is 17.7. The van der Waals surface area contributed by atoms with Crippen LogP contribution in [0.5, 0.6) is 5.75 Å². The van der Waals surface area contributed by atoms with E-state index in [1.54, 1.807) is 6.21 Å². The number of oxime groups is 1. The second-order valence-electron chi connectivity index (χ2n) is 7.57. The van der Waals surface area contributed by atoms with Gasteiger partial charge in [0, 0.05) is 5.56 Å². The van der Waals surface area contributed by atoms with Gasteiger partial charge in [-0.05, 0) is 53.7 Å². The van der Waals surface area contributed by atoms with E-state index >= 15 is 0 Å². The molecule has 0 aliphatic heterocycles. The van der Waals surface area contributed by atoms with Crippen LogP contribution in [0.4, 0.5) is 0 Å². The lowest BCUT2D eigenvalue weighted by Crippen LogP contribution is -2.12. The Kier molecular flexibility index (Phi) is 6.98. The van der Waals surface area contributed by atoms with Crippen LogP contribution < -0.4 is 4.74 Å². The van der Waals surface area contributed by atoms with E-state index in [-0.39, 0.29) is 12.7 Å². The fraction of sp³-hybridized carbons (Fsp3) is 0.185. The normalized spacial score (nSPS) is 14.5. The van der Waals surface area contributed by atoms with Gasteiger partial charge in [-0.25, -0.2) is 4.79 Å². The van der Waals surface area contributed by atoms with Gasteiger partial charge in [-0.2, -0.15) is 0 Å². The second-order valence-corrected chi connectivity index (χ2v) is 7.57. The van der Waals surface area contributed by atoms with E-state index in [0.717, 1.165) is 47.1 Å². The molecule has 0 fully saturated rings. The molecule has 1 N–H and O–H groups in total. The molecule has 3 aromatic rings. The number of nitrogens with zero attached hydrogens (tertiary/aromatic N) is 1. The van der Waals surface area contributed by atoms with Crippen LogP contribution in [0.15, 0.2) is 90.1 Å². The molecule has 0 heterocycles. The summed E-state index contributed by atoms with van der Waals surface area (Å²) in [5, 5.41) is 13.2. The largest absolute Gasteiger partial charge is 0.482 e. The molecule has 0 saturated carbocycles. The van der Waals surface area contributed by atoms with Crippen molar-refractivity contribution in [3.63, 3.8) is 0 Å². The lowest BCUT2D eigenvalue weighted by atomic mass is 9.86. The van der Waals surface area contributed by atoms with Crippen LogP contribution in [0.2, 0.25) is 0 Å². The molecule has 0 bridgehead atoms. The highest BCUT2D eigenvalue weighted by Gasteiger charge is 2.18. The Morgan fingerprint density at radius 2 is 1.62 bits per heavy atom. The van der Waals surface area contributed by atoms with E-state index in [0.29, 0.717) is 5.75 Å². The Hall–Kier alpha value is -3.86. The Morgan fingerprint density at radius 3 is 2.28 bits per heavy atom. The van der Waals surface area contributed by atoms with E-state index in [1.807, 2.05) is 84.9 Å². The molecule has 5 nitrogen and oxygen atoms in total. The van der Waals surface area contributed by atoms with Gasteiger partial charge in [0.25, 0.3) is 0 Å².